The quantitative estimate of drug-likeness (QED) is 0.0841. The van der Waals surface area contributed by atoms with Crippen molar-refractivity contribution in [3.8, 4) is 22.8 Å². The largest absolute Gasteiger partial charge is 2.00 e. The smallest absolute Gasteiger partial charge is 0.759 e. The number of nitrogens with zero attached hydrogens (tertiary/aromatic N) is 4. The van der Waals surface area contributed by atoms with Gasteiger partial charge >= 0.3 is 17.1 Å². The van der Waals surface area contributed by atoms with Gasteiger partial charge in [-0.2, -0.15) is 10.2 Å². The van der Waals surface area contributed by atoms with Crippen LogP contribution in [-0.4, -0.2) is 65.6 Å². The van der Waals surface area contributed by atoms with Crippen LogP contribution in [0, 0.1) is 0 Å². The number of H-pyrrole nitrogens is 2. The van der Waals surface area contributed by atoms with Crippen LogP contribution >= 0.6 is 0 Å². The van der Waals surface area contributed by atoms with Crippen molar-refractivity contribution in [2.75, 3.05) is 18.6 Å². The molecular formula is C17H25CuN8O7S+. The first kappa shape index (κ1) is 35.2. The number of nitrogen functional groups attached to an aromatic ring is 2. The fourth-order valence-corrected chi connectivity index (χ4v) is 1.96. The molecule has 0 bridgehead atoms. The van der Waals surface area contributed by atoms with Crippen molar-refractivity contribution in [1.29, 1.82) is 0 Å². The molecule has 1 radical (unpaired) electrons. The number of rotatable bonds is 2. The minimum Gasteiger partial charge on any atom is -0.759 e. The molecule has 191 valence electrons. The van der Waals surface area contributed by atoms with Crippen LogP contribution in [0.1, 0.15) is 0 Å². The average Bonchev–Trinajstić information content (AvgIpc) is 3.39. The molecular weight excluding hydrogens is 524 g/mol. The van der Waals surface area contributed by atoms with Crippen molar-refractivity contribution in [1.82, 2.24) is 30.4 Å². The van der Waals surface area contributed by atoms with Gasteiger partial charge in [0.25, 0.3) is 0 Å². The monoisotopic (exact) mass is 548 g/mol. The molecule has 0 atom stereocenters. The summed E-state index contributed by atoms with van der Waals surface area (Å²) in [4.78, 5) is 8.25. The van der Waals surface area contributed by atoms with Crippen LogP contribution in [0.4, 0.5) is 11.6 Å². The van der Waals surface area contributed by atoms with Crippen LogP contribution in [0.5, 0.6) is 0 Å². The number of pyridine rings is 2. The molecule has 15 nitrogen and oxygen atoms in total. The molecule has 34 heavy (non-hydrogen) atoms. The minimum atomic E-state index is -5.17. The summed E-state index contributed by atoms with van der Waals surface area (Å²) >= 11 is 0. The number of aromatic amines is 2. The summed E-state index contributed by atoms with van der Waals surface area (Å²) < 4.78 is 34.1. The molecule has 0 saturated heterocycles. The minimum absolute atomic E-state index is 0. The Morgan fingerprint density at radius 1 is 0.794 bits per heavy atom. The Hall–Kier alpha value is -3.41. The predicted molar refractivity (Wildman–Crippen MR) is 120 cm³/mol. The SMILES string of the molecule is CO.Nc1cc(-c2ccccn2)n[nH]1.Nc1cc(-c2ccccn2)n[nH]1.O.O=S(=O)([O-])[O-].[Cu+2].[OH3+]. The summed E-state index contributed by atoms with van der Waals surface area (Å²) in [5, 5.41) is 20.3. The van der Waals surface area contributed by atoms with E-state index in [1.807, 2.05) is 36.4 Å². The number of aliphatic hydroxyl groups is 1. The third-order valence-corrected chi connectivity index (χ3v) is 3.05. The summed E-state index contributed by atoms with van der Waals surface area (Å²) in [6.45, 7) is 0. The molecule has 4 aromatic heterocycles. The van der Waals surface area contributed by atoms with Crippen molar-refractivity contribution in [2.24, 2.45) is 0 Å². The number of nitrogens with two attached hydrogens (primary N) is 2. The third kappa shape index (κ3) is 14.6. The van der Waals surface area contributed by atoms with E-state index in [0.29, 0.717) is 11.6 Å². The van der Waals surface area contributed by atoms with E-state index in [2.05, 4.69) is 30.4 Å². The molecule has 4 heterocycles. The van der Waals surface area contributed by atoms with E-state index >= 15 is 0 Å². The summed E-state index contributed by atoms with van der Waals surface area (Å²) in [6.07, 6.45) is 3.44. The average molecular weight is 549 g/mol. The molecule has 0 spiro atoms. The number of anilines is 2. The maximum absolute atomic E-state index is 8.52. The van der Waals surface area contributed by atoms with Crippen molar-refractivity contribution in [2.45, 2.75) is 0 Å². The third-order valence-electron chi connectivity index (χ3n) is 3.05. The van der Waals surface area contributed by atoms with Gasteiger partial charge in [-0.1, -0.05) is 12.1 Å². The van der Waals surface area contributed by atoms with E-state index in [1.54, 1.807) is 24.5 Å². The van der Waals surface area contributed by atoms with Crippen LogP contribution in [0.25, 0.3) is 22.8 Å². The number of aliphatic hydroxyl groups excluding tert-OH is 1. The van der Waals surface area contributed by atoms with Gasteiger partial charge in [-0.05, 0) is 24.3 Å². The molecule has 4 rings (SSSR count). The van der Waals surface area contributed by atoms with Gasteiger partial charge in [0.05, 0.1) is 11.4 Å². The predicted octanol–water partition coefficient (Wildman–Crippen LogP) is -1.37. The maximum atomic E-state index is 8.52. The second-order valence-corrected chi connectivity index (χ2v) is 6.07. The van der Waals surface area contributed by atoms with E-state index in [9.17, 15) is 0 Å². The van der Waals surface area contributed by atoms with E-state index in [1.165, 1.54) is 0 Å². The number of nitrogens with one attached hydrogen (secondary N) is 2. The molecule has 0 saturated carbocycles. The number of hydrogen-bond acceptors (Lipinski definition) is 11. The molecule has 0 fully saturated rings. The van der Waals surface area contributed by atoms with Gasteiger partial charge in [0.15, 0.2) is 0 Å². The Kier molecular flexibility index (Phi) is 18.7. The van der Waals surface area contributed by atoms with Crippen molar-refractivity contribution < 1.29 is 50.7 Å². The first-order valence-electron chi connectivity index (χ1n) is 8.28. The fraction of sp³-hybridized carbons (Fsp3) is 0.0588. The van der Waals surface area contributed by atoms with Gasteiger partial charge in [0, 0.05) is 42.0 Å². The molecule has 0 aliphatic carbocycles. The topological polar surface area (TPSA) is 300 Å². The van der Waals surface area contributed by atoms with Crippen LogP contribution in [-0.2, 0) is 32.9 Å². The Bertz CT molecular complexity index is 1050. The molecule has 4 aromatic rings. The van der Waals surface area contributed by atoms with Gasteiger partial charge in [0.1, 0.15) is 23.0 Å². The molecule has 0 aromatic carbocycles. The van der Waals surface area contributed by atoms with Gasteiger partial charge in [-0.3, -0.25) is 28.6 Å². The van der Waals surface area contributed by atoms with Crippen molar-refractivity contribution in [3.63, 3.8) is 0 Å². The van der Waals surface area contributed by atoms with E-state index in [0.717, 1.165) is 29.9 Å². The zero-order valence-electron chi connectivity index (χ0n) is 17.6. The normalized spacial score (nSPS) is 8.94. The summed E-state index contributed by atoms with van der Waals surface area (Å²) in [5.74, 6) is 1.10. The molecule has 12 N–H and O–H groups in total. The first-order chi connectivity index (χ1) is 14.7. The Morgan fingerprint density at radius 2 is 1.12 bits per heavy atom. The molecule has 17 heteroatoms. The second-order valence-electron chi connectivity index (χ2n) is 5.26. The van der Waals surface area contributed by atoms with Crippen molar-refractivity contribution in [3.05, 3.63) is 60.9 Å². The van der Waals surface area contributed by atoms with Gasteiger partial charge in [0.2, 0.25) is 0 Å². The Morgan fingerprint density at radius 3 is 1.32 bits per heavy atom. The summed E-state index contributed by atoms with van der Waals surface area (Å²) in [7, 11) is -4.17. The molecule has 0 aliphatic heterocycles. The van der Waals surface area contributed by atoms with E-state index in [-0.39, 0.29) is 28.0 Å². The van der Waals surface area contributed by atoms with Crippen molar-refractivity contribution >= 4 is 22.0 Å². The van der Waals surface area contributed by atoms with Gasteiger partial charge in [-0.25, -0.2) is 0 Å². The second kappa shape index (κ2) is 18.1. The number of aromatic nitrogens is 6. The molecule has 0 aliphatic rings. The Balaban J connectivity index is -0.000000419. The Labute approximate surface area is 205 Å². The van der Waals surface area contributed by atoms with Gasteiger partial charge < -0.3 is 36.6 Å². The number of hydrogen-bond donors (Lipinski definition) is 5. The van der Waals surface area contributed by atoms with Gasteiger partial charge in [-0.15, -0.1) is 0 Å². The fourth-order valence-electron chi connectivity index (χ4n) is 1.96. The summed E-state index contributed by atoms with van der Waals surface area (Å²) in [5.41, 5.74) is 14.1. The standard InChI is InChI=1S/2C8H8N4.CH4O.Cu.H2O4S.2H2O/c2*9-8-5-7(11-12-8)6-3-1-2-4-10-6;1-2;;1-5(2,3)4;;/h2*1-5H,(H3,9,11,12);2H,1H3;;(H2,1,2,3,4);2*1H2/q;;;+2;;;/p-1. The zero-order chi connectivity index (χ0) is 23.3. The summed E-state index contributed by atoms with van der Waals surface area (Å²) in [6, 6.07) is 14.8. The van der Waals surface area contributed by atoms with E-state index < -0.39 is 10.4 Å². The maximum Gasteiger partial charge on any atom is 2.00 e. The van der Waals surface area contributed by atoms with E-state index in [4.69, 9.17) is 34.1 Å². The molecule has 0 amide bonds. The van der Waals surface area contributed by atoms with Crippen LogP contribution in [0.2, 0.25) is 0 Å². The zero-order valence-corrected chi connectivity index (χ0v) is 19.3. The van der Waals surface area contributed by atoms with Crippen LogP contribution < -0.4 is 11.5 Å². The molecule has 0 unspecified atom stereocenters. The van der Waals surface area contributed by atoms with Crippen LogP contribution in [0.15, 0.2) is 60.9 Å². The first-order valence-corrected chi connectivity index (χ1v) is 9.61. The van der Waals surface area contributed by atoms with Crippen LogP contribution in [0.3, 0.4) is 0 Å².